The molecule has 8 heteroatoms. The summed E-state index contributed by atoms with van der Waals surface area (Å²) in [5.41, 5.74) is 0.230. The van der Waals surface area contributed by atoms with Gasteiger partial charge in [0.05, 0.1) is 12.6 Å². The Kier molecular flexibility index (Phi) is 4.27. The van der Waals surface area contributed by atoms with Crippen molar-refractivity contribution in [2.45, 2.75) is 25.1 Å². The number of nitrogens with zero attached hydrogens (tertiary/aromatic N) is 4. The van der Waals surface area contributed by atoms with E-state index in [0.717, 1.165) is 12.1 Å². The van der Waals surface area contributed by atoms with Crippen LogP contribution in [0.4, 0.5) is 14.7 Å². The number of likely N-dealkylation sites (tertiary alicyclic amines) is 1. The van der Waals surface area contributed by atoms with Crippen molar-refractivity contribution in [3.05, 3.63) is 41.3 Å². The van der Waals surface area contributed by atoms with Crippen LogP contribution >= 0.6 is 0 Å². The largest absolute Gasteiger partial charge is 0.392 e. The normalized spacial score (nSPS) is 21.8. The maximum Gasteiger partial charge on any atom is 0.265 e. The van der Waals surface area contributed by atoms with Gasteiger partial charge < -0.3 is 14.5 Å². The van der Waals surface area contributed by atoms with E-state index in [0.29, 0.717) is 24.8 Å². The second-order valence-electron chi connectivity index (χ2n) is 5.88. The number of hydrogen-bond donors (Lipinski definition) is 1. The molecular formula is C15H18F2N4O2. The lowest BCUT2D eigenvalue weighted by Gasteiger charge is -2.23. The Morgan fingerprint density at radius 2 is 2.17 bits per heavy atom. The summed E-state index contributed by atoms with van der Waals surface area (Å²) in [4.78, 5) is 7.74. The lowest BCUT2D eigenvalue weighted by atomic mass is 10.0. The van der Waals surface area contributed by atoms with Gasteiger partial charge in [-0.2, -0.15) is 4.98 Å². The minimum absolute atomic E-state index is 0.230. The maximum absolute atomic E-state index is 14.0. The molecule has 0 spiro atoms. The third-order valence-corrected chi connectivity index (χ3v) is 3.89. The third-order valence-electron chi connectivity index (χ3n) is 3.89. The zero-order valence-electron chi connectivity index (χ0n) is 12.9. The summed E-state index contributed by atoms with van der Waals surface area (Å²) < 4.78 is 32.7. The highest BCUT2D eigenvalue weighted by Crippen LogP contribution is 2.35. The molecule has 1 aliphatic heterocycles. The van der Waals surface area contributed by atoms with Crippen molar-refractivity contribution in [1.29, 1.82) is 0 Å². The van der Waals surface area contributed by atoms with Crippen molar-refractivity contribution in [3.63, 3.8) is 0 Å². The molecule has 1 aromatic carbocycles. The van der Waals surface area contributed by atoms with Crippen LogP contribution in [0.5, 0.6) is 0 Å². The lowest BCUT2D eigenvalue weighted by molar-refractivity contribution is 0.164. The van der Waals surface area contributed by atoms with E-state index in [4.69, 9.17) is 4.52 Å². The molecule has 3 rings (SSSR count). The van der Waals surface area contributed by atoms with E-state index in [1.807, 2.05) is 4.90 Å². The van der Waals surface area contributed by atoms with Crippen LogP contribution in [0, 0.1) is 11.6 Å². The molecule has 0 amide bonds. The van der Waals surface area contributed by atoms with Gasteiger partial charge in [-0.15, -0.1) is 0 Å². The van der Waals surface area contributed by atoms with Crippen LogP contribution in [0.2, 0.25) is 0 Å². The molecule has 2 atom stereocenters. The first-order valence-electron chi connectivity index (χ1n) is 7.31. The van der Waals surface area contributed by atoms with Gasteiger partial charge in [0.2, 0.25) is 5.89 Å². The predicted octanol–water partition coefficient (Wildman–Crippen LogP) is 1.72. The highest BCUT2D eigenvalue weighted by Gasteiger charge is 2.34. The van der Waals surface area contributed by atoms with E-state index >= 15 is 0 Å². The van der Waals surface area contributed by atoms with Gasteiger partial charge in [-0.05, 0) is 29.8 Å². The van der Waals surface area contributed by atoms with Crippen LogP contribution in [0.3, 0.4) is 0 Å². The minimum Gasteiger partial charge on any atom is -0.392 e. The molecular weight excluding hydrogens is 306 g/mol. The molecule has 1 saturated heterocycles. The van der Waals surface area contributed by atoms with Crippen molar-refractivity contribution in [2.24, 2.45) is 0 Å². The quantitative estimate of drug-likeness (QED) is 0.924. The Balaban J connectivity index is 1.83. The number of aliphatic hydroxyl groups excluding tert-OH is 1. The van der Waals surface area contributed by atoms with Gasteiger partial charge in [-0.1, -0.05) is 0 Å². The molecule has 1 aliphatic rings. The van der Waals surface area contributed by atoms with Crippen LogP contribution in [-0.2, 0) is 6.54 Å². The van der Waals surface area contributed by atoms with Crippen LogP contribution < -0.4 is 4.90 Å². The van der Waals surface area contributed by atoms with Crippen molar-refractivity contribution in [1.82, 2.24) is 15.0 Å². The Labute approximate surface area is 132 Å². The molecule has 0 saturated carbocycles. The van der Waals surface area contributed by atoms with Crippen molar-refractivity contribution >= 4 is 5.95 Å². The number of halogens is 2. The van der Waals surface area contributed by atoms with E-state index < -0.39 is 23.8 Å². The first kappa shape index (κ1) is 15.8. The molecule has 23 heavy (non-hydrogen) atoms. The molecule has 0 bridgehead atoms. The van der Waals surface area contributed by atoms with E-state index in [2.05, 4.69) is 10.1 Å². The Hall–Kier alpha value is -2.06. The second-order valence-corrected chi connectivity index (χ2v) is 5.88. The van der Waals surface area contributed by atoms with Gasteiger partial charge in [-0.3, -0.25) is 4.90 Å². The van der Waals surface area contributed by atoms with Gasteiger partial charge in [0.1, 0.15) is 11.6 Å². The lowest BCUT2D eigenvalue weighted by Crippen LogP contribution is -2.25. The van der Waals surface area contributed by atoms with Gasteiger partial charge in [0.15, 0.2) is 0 Å². The van der Waals surface area contributed by atoms with Gasteiger partial charge in [-0.25, -0.2) is 8.78 Å². The topological polar surface area (TPSA) is 65.6 Å². The molecule has 124 valence electrons. The zero-order valence-corrected chi connectivity index (χ0v) is 12.9. The number of benzene rings is 1. The van der Waals surface area contributed by atoms with Crippen LogP contribution in [0.1, 0.15) is 23.9 Å². The highest BCUT2D eigenvalue weighted by atomic mass is 19.1. The SMILES string of the molecule is CN(C)c1noc(CN2CC(O)CC2c2cc(F)ccc2F)n1. The fourth-order valence-corrected chi connectivity index (χ4v) is 2.81. The summed E-state index contributed by atoms with van der Waals surface area (Å²) >= 11 is 0. The first-order chi connectivity index (χ1) is 10.9. The van der Waals surface area contributed by atoms with E-state index in [9.17, 15) is 13.9 Å². The summed E-state index contributed by atoms with van der Waals surface area (Å²) in [6, 6.07) is 2.92. The summed E-state index contributed by atoms with van der Waals surface area (Å²) in [5.74, 6) is -0.191. The van der Waals surface area contributed by atoms with Crippen LogP contribution in [-0.4, -0.2) is 46.9 Å². The summed E-state index contributed by atoms with van der Waals surface area (Å²) in [6.07, 6.45) is -0.284. The maximum atomic E-state index is 14.0. The summed E-state index contributed by atoms with van der Waals surface area (Å²) in [6.45, 7) is 0.596. The monoisotopic (exact) mass is 324 g/mol. The molecule has 2 heterocycles. The molecule has 0 aliphatic carbocycles. The summed E-state index contributed by atoms with van der Waals surface area (Å²) in [5, 5.41) is 13.8. The summed E-state index contributed by atoms with van der Waals surface area (Å²) in [7, 11) is 3.58. The number of hydrogen-bond acceptors (Lipinski definition) is 6. The smallest absolute Gasteiger partial charge is 0.265 e. The van der Waals surface area contributed by atoms with Crippen molar-refractivity contribution < 1.29 is 18.4 Å². The van der Waals surface area contributed by atoms with E-state index in [-0.39, 0.29) is 12.1 Å². The molecule has 1 fully saturated rings. The average molecular weight is 324 g/mol. The van der Waals surface area contributed by atoms with Gasteiger partial charge >= 0.3 is 0 Å². The third kappa shape index (κ3) is 3.32. The Morgan fingerprint density at radius 1 is 1.39 bits per heavy atom. The Bertz CT molecular complexity index is 692. The van der Waals surface area contributed by atoms with Crippen LogP contribution in [0.25, 0.3) is 0 Å². The number of aliphatic hydroxyl groups is 1. The van der Waals surface area contributed by atoms with Crippen molar-refractivity contribution in [3.8, 4) is 0 Å². The average Bonchev–Trinajstić information content (AvgIpc) is 3.09. The number of aromatic nitrogens is 2. The van der Waals surface area contributed by atoms with Crippen LogP contribution in [0.15, 0.2) is 22.7 Å². The van der Waals surface area contributed by atoms with E-state index in [1.165, 1.54) is 6.07 Å². The molecule has 0 radical (unpaired) electrons. The fourth-order valence-electron chi connectivity index (χ4n) is 2.81. The number of anilines is 1. The minimum atomic E-state index is -0.612. The predicted molar refractivity (Wildman–Crippen MR) is 78.8 cm³/mol. The molecule has 2 unspecified atom stereocenters. The Morgan fingerprint density at radius 3 is 2.87 bits per heavy atom. The van der Waals surface area contributed by atoms with Crippen molar-refractivity contribution in [2.75, 3.05) is 25.5 Å². The highest BCUT2D eigenvalue weighted by molar-refractivity contribution is 5.25. The van der Waals surface area contributed by atoms with Gasteiger partial charge in [0.25, 0.3) is 5.95 Å². The number of β-amino-alcohol motifs (C(OH)–C–C–N with tert-alkyl or cyclic N) is 1. The zero-order chi connectivity index (χ0) is 16.6. The number of rotatable bonds is 4. The first-order valence-corrected chi connectivity index (χ1v) is 7.31. The fraction of sp³-hybridized carbons (Fsp3) is 0.467. The molecule has 1 aromatic heterocycles. The second kappa shape index (κ2) is 6.21. The molecule has 1 N–H and O–H groups in total. The standard InChI is InChI=1S/C15H18F2N4O2/c1-20(2)15-18-14(23-19-15)8-21-7-10(22)6-13(21)11-5-9(16)3-4-12(11)17/h3-5,10,13,22H,6-8H2,1-2H3. The molecule has 6 nitrogen and oxygen atoms in total. The van der Waals surface area contributed by atoms with Gasteiger partial charge in [0, 0.05) is 32.2 Å². The van der Waals surface area contributed by atoms with E-state index in [1.54, 1.807) is 19.0 Å². The molecule has 2 aromatic rings.